The van der Waals surface area contributed by atoms with Crippen LogP contribution >= 0.6 is 0 Å². The number of allylic oxidation sites excluding steroid dienone is 1. The molecule has 0 aromatic heterocycles. The molecule has 3 heteroatoms. The molecule has 0 spiro atoms. The molecule has 0 radical (unpaired) electrons. The molecule has 0 heterocycles. The van der Waals surface area contributed by atoms with Crippen LogP contribution in [0.15, 0.2) is 11.8 Å². The van der Waals surface area contributed by atoms with Gasteiger partial charge < -0.3 is 9.57 Å². The van der Waals surface area contributed by atoms with E-state index in [-0.39, 0.29) is 0 Å². The molecule has 0 saturated carbocycles. The van der Waals surface area contributed by atoms with Crippen LogP contribution in [0.1, 0.15) is 19.3 Å². The van der Waals surface area contributed by atoms with Gasteiger partial charge in [0.2, 0.25) is 0 Å². The lowest BCUT2D eigenvalue weighted by Gasteiger charge is -2.18. The maximum Gasteiger partial charge on any atom is 0.120 e. The largest absolute Gasteiger partial charge is 0.416 e. The van der Waals surface area contributed by atoms with Gasteiger partial charge in [-0.05, 0) is 18.9 Å². The Morgan fingerprint density at radius 3 is 2.90 bits per heavy atom. The van der Waals surface area contributed by atoms with Crippen molar-refractivity contribution in [3.63, 3.8) is 0 Å². The second kappa shape index (κ2) is 3.58. The van der Waals surface area contributed by atoms with Crippen molar-refractivity contribution in [1.82, 2.24) is 0 Å². The second-order valence-corrected chi connectivity index (χ2v) is 2.42. The smallest absolute Gasteiger partial charge is 0.120 e. The summed E-state index contributed by atoms with van der Waals surface area (Å²) in [5.41, 5.74) is 0. The first-order valence-corrected chi connectivity index (χ1v) is 3.45. The minimum Gasteiger partial charge on any atom is -0.416 e. The van der Waals surface area contributed by atoms with Gasteiger partial charge in [-0.3, -0.25) is 0 Å². The summed E-state index contributed by atoms with van der Waals surface area (Å²) in [6, 6.07) is 0. The molecule has 1 atom stereocenters. The topological polar surface area (TPSA) is 44.5 Å². The zero-order valence-corrected chi connectivity index (χ0v) is 6.17. The van der Waals surface area contributed by atoms with E-state index in [4.69, 9.17) is 10.6 Å². The second-order valence-electron chi connectivity index (χ2n) is 2.42. The van der Waals surface area contributed by atoms with E-state index in [1.54, 1.807) is 7.11 Å². The van der Waals surface area contributed by atoms with Crippen molar-refractivity contribution in [2.24, 2.45) is 5.90 Å². The monoisotopic (exact) mass is 143 g/mol. The highest BCUT2D eigenvalue weighted by atomic mass is 16.6. The normalized spacial score (nSPS) is 25.8. The number of hydrogen-bond acceptors (Lipinski definition) is 3. The highest BCUT2D eigenvalue weighted by Crippen LogP contribution is 2.19. The summed E-state index contributed by atoms with van der Waals surface area (Å²) >= 11 is 0. The van der Waals surface area contributed by atoms with E-state index >= 15 is 0 Å². The highest BCUT2D eigenvalue weighted by Gasteiger charge is 2.13. The Bertz CT molecular complexity index is 134. The number of methoxy groups -OCH3 is 1. The maximum atomic E-state index is 5.14. The van der Waals surface area contributed by atoms with Gasteiger partial charge in [0.15, 0.2) is 0 Å². The number of nitrogens with two attached hydrogens (primary N) is 1. The summed E-state index contributed by atoms with van der Waals surface area (Å²) in [7, 11) is 1.73. The predicted molar refractivity (Wildman–Crippen MR) is 38.0 cm³/mol. The highest BCUT2D eigenvalue weighted by molar-refractivity contribution is 4.98. The lowest BCUT2D eigenvalue weighted by atomic mass is 10.0. The van der Waals surface area contributed by atoms with Crippen molar-refractivity contribution in [2.45, 2.75) is 25.4 Å². The summed E-state index contributed by atoms with van der Waals surface area (Å²) in [6.07, 6.45) is 5.17. The standard InChI is InChI=1S/C7H13NO2/c1-9-6-2-4-7(10-8)5-3-6/h4,6H,2-3,5,8H2,1H3. The fourth-order valence-corrected chi connectivity index (χ4v) is 1.11. The van der Waals surface area contributed by atoms with Crippen molar-refractivity contribution in [1.29, 1.82) is 0 Å². The Hall–Kier alpha value is -0.540. The van der Waals surface area contributed by atoms with E-state index in [0.29, 0.717) is 6.10 Å². The molecule has 2 N–H and O–H groups in total. The van der Waals surface area contributed by atoms with Crippen molar-refractivity contribution >= 4 is 0 Å². The lowest BCUT2D eigenvalue weighted by molar-refractivity contribution is 0.0813. The van der Waals surface area contributed by atoms with E-state index in [2.05, 4.69) is 4.84 Å². The van der Waals surface area contributed by atoms with Gasteiger partial charge in [0.25, 0.3) is 0 Å². The van der Waals surface area contributed by atoms with E-state index in [1.165, 1.54) is 0 Å². The zero-order chi connectivity index (χ0) is 7.40. The van der Waals surface area contributed by atoms with Crippen LogP contribution in [0.5, 0.6) is 0 Å². The van der Waals surface area contributed by atoms with Gasteiger partial charge in [0, 0.05) is 13.5 Å². The van der Waals surface area contributed by atoms with E-state index < -0.39 is 0 Å². The molecule has 3 nitrogen and oxygen atoms in total. The Labute approximate surface area is 60.8 Å². The van der Waals surface area contributed by atoms with E-state index in [1.807, 2.05) is 6.08 Å². The average molecular weight is 143 g/mol. The van der Waals surface area contributed by atoms with Crippen molar-refractivity contribution in [3.05, 3.63) is 11.8 Å². The fraction of sp³-hybridized carbons (Fsp3) is 0.714. The lowest BCUT2D eigenvalue weighted by Crippen LogP contribution is -2.15. The zero-order valence-electron chi connectivity index (χ0n) is 6.17. The molecule has 0 aromatic rings. The molecule has 58 valence electrons. The first-order chi connectivity index (χ1) is 4.86. The molecule has 0 aromatic carbocycles. The van der Waals surface area contributed by atoms with Gasteiger partial charge in [0.1, 0.15) is 5.76 Å². The SMILES string of the molecule is COC1CC=C(ON)CC1. The molecule has 0 aliphatic heterocycles. The van der Waals surface area contributed by atoms with Gasteiger partial charge >= 0.3 is 0 Å². The summed E-state index contributed by atoms with van der Waals surface area (Å²) in [4.78, 5) is 4.59. The van der Waals surface area contributed by atoms with Gasteiger partial charge in [-0.2, -0.15) is 5.90 Å². The number of hydrogen-bond donors (Lipinski definition) is 1. The third kappa shape index (κ3) is 1.72. The molecule has 1 aliphatic carbocycles. The van der Waals surface area contributed by atoms with Gasteiger partial charge in [-0.1, -0.05) is 0 Å². The summed E-state index contributed by atoms with van der Waals surface area (Å²) in [6.45, 7) is 0. The Morgan fingerprint density at radius 2 is 2.50 bits per heavy atom. The summed E-state index contributed by atoms with van der Waals surface area (Å²) < 4.78 is 5.14. The first-order valence-electron chi connectivity index (χ1n) is 3.45. The third-order valence-electron chi connectivity index (χ3n) is 1.81. The summed E-state index contributed by atoms with van der Waals surface area (Å²) in [5, 5.41) is 0. The van der Waals surface area contributed by atoms with Crippen molar-refractivity contribution in [3.8, 4) is 0 Å². The average Bonchev–Trinajstić information content (AvgIpc) is 2.05. The Morgan fingerprint density at radius 1 is 1.70 bits per heavy atom. The fourth-order valence-electron chi connectivity index (χ4n) is 1.11. The Kier molecular flexibility index (Phi) is 2.71. The molecule has 0 amide bonds. The van der Waals surface area contributed by atoms with Crippen LogP contribution in [-0.4, -0.2) is 13.2 Å². The minimum atomic E-state index is 0.360. The van der Waals surface area contributed by atoms with Gasteiger partial charge in [0.05, 0.1) is 6.10 Å². The van der Waals surface area contributed by atoms with Crippen LogP contribution in [0.25, 0.3) is 0 Å². The van der Waals surface area contributed by atoms with Crippen LogP contribution in [0.2, 0.25) is 0 Å². The van der Waals surface area contributed by atoms with Crippen LogP contribution in [0, 0.1) is 0 Å². The summed E-state index contributed by atoms with van der Waals surface area (Å²) in [5.74, 6) is 5.86. The molecule has 1 unspecified atom stereocenters. The predicted octanol–water partition coefficient (Wildman–Crippen LogP) is 0.960. The molecule has 0 saturated heterocycles. The van der Waals surface area contributed by atoms with Crippen molar-refractivity contribution in [2.75, 3.05) is 7.11 Å². The minimum absolute atomic E-state index is 0.360. The molecule has 1 aliphatic rings. The van der Waals surface area contributed by atoms with Gasteiger partial charge in [-0.15, -0.1) is 0 Å². The number of rotatable bonds is 2. The van der Waals surface area contributed by atoms with E-state index in [0.717, 1.165) is 25.0 Å². The van der Waals surface area contributed by atoms with Crippen molar-refractivity contribution < 1.29 is 9.57 Å². The quantitative estimate of drug-likeness (QED) is 0.585. The number of ether oxygens (including phenoxy) is 1. The first kappa shape index (κ1) is 7.57. The molecule has 0 fully saturated rings. The van der Waals surface area contributed by atoms with Crippen LogP contribution in [0.3, 0.4) is 0 Å². The Balaban J connectivity index is 2.36. The molecular formula is C7H13NO2. The van der Waals surface area contributed by atoms with Gasteiger partial charge in [-0.25, -0.2) is 0 Å². The molecule has 1 rings (SSSR count). The van der Waals surface area contributed by atoms with Crippen LogP contribution in [0.4, 0.5) is 0 Å². The maximum absolute atomic E-state index is 5.14. The molecule has 10 heavy (non-hydrogen) atoms. The van der Waals surface area contributed by atoms with Crippen LogP contribution in [-0.2, 0) is 9.57 Å². The molecule has 0 bridgehead atoms. The van der Waals surface area contributed by atoms with Crippen LogP contribution < -0.4 is 5.90 Å². The molecular weight excluding hydrogens is 130 g/mol. The third-order valence-corrected chi connectivity index (χ3v) is 1.81. The van der Waals surface area contributed by atoms with E-state index in [9.17, 15) is 0 Å².